The molecule has 0 spiro atoms. The van der Waals surface area contributed by atoms with Crippen LogP contribution in [-0.4, -0.2) is 42.4 Å². The number of aromatic nitrogens is 1. The maximum Gasteiger partial charge on any atom is 0.424 e. The number of nitrogens with zero attached hydrogens (tertiary/aromatic N) is 2. The van der Waals surface area contributed by atoms with E-state index in [1.165, 1.54) is 38.4 Å². The van der Waals surface area contributed by atoms with E-state index in [1.807, 2.05) is 0 Å². The summed E-state index contributed by atoms with van der Waals surface area (Å²) >= 11 is 5.97. The van der Waals surface area contributed by atoms with E-state index in [9.17, 15) is 22.4 Å². The molecule has 33 heavy (non-hydrogen) atoms. The number of amides is 1. The molecule has 1 amide bonds. The Bertz CT molecular complexity index is 1110. The lowest BCUT2D eigenvalue weighted by Crippen LogP contribution is -2.60. The number of halogens is 5. The number of ether oxygens (including phenoxy) is 3. The van der Waals surface area contributed by atoms with Gasteiger partial charge in [-0.05, 0) is 32.0 Å². The predicted octanol–water partition coefficient (Wildman–Crippen LogP) is 4.42. The maximum absolute atomic E-state index is 14.6. The SMILES string of the molecule is COc1cnc(OC(=O)Nc2ccc(F)c(C3(C)COC(C)(C(F)(F)F)C(N)=N3)c2)c(Cl)c1. The number of nitrogens with two attached hydrogens (primary N) is 1. The number of methoxy groups -OCH3 is 1. The number of rotatable bonds is 4. The molecular formula is C20H19ClF4N4O4. The Morgan fingerprint density at radius 1 is 1.30 bits per heavy atom. The highest BCUT2D eigenvalue weighted by atomic mass is 35.5. The molecule has 3 N–H and O–H groups in total. The summed E-state index contributed by atoms with van der Waals surface area (Å²) in [6, 6.07) is 4.81. The van der Waals surface area contributed by atoms with E-state index >= 15 is 0 Å². The minimum atomic E-state index is -4.82. The Morgan fingerprint density at radius 2 is 2.00 bits per heavy atom. The molecule has 1 aromatic carbocycles. The van der Waals surface area contributed by atoms with Gasteiger partial charge in [-0.2, -0.15) is 13.2 Å². The van der Waals surface area contributed by atoms with E-state index in [4.69, 9.17) is 31.5 Å². The average Bonchev–Trinajstić information content (AvgIpc) is 2.73. The van der Waals surface area contributed by atoms with Crippen LogP contribution in [0.5, 0.6) is 11.6 Å². The fourth-order valence-electron chi connectivity index (χ4n) is 2.97. The van der Waals surface area contributed by atoms with Crippen LogP contribution in [0.15, 0.2) is 35.5 Å². The van der Waals surface area contributed by atoms with Crippen molar-refractivity contribution in [3.8, 4) is 11.6 Å². The summed E-state index contributed by atoms with van der Waals surface area (Å²) in [6.07, 6.45) is -4.53. The molecule has 13 heteroatoms. The van der Waals surface area contributed by atoms with Crippen LogP contribution in [0.1, 0.15) is 19.4 Å². The molecule has 0 aliphatic carbocycles. The van der Waals surface area contributed by atoms with Gasteiger partial charge in [0.25, 0.3) is 0 Å². The van der Waals surface area contributed by atoms with Crippen LogP contribution in [0.4, 0.5) is 28.0 Å². The second-order valence-electron chi connectivity index (χ2n) is 7.46. The van der Waals surface area contributed by atoms with Crippen molar-refractivity contribution >= 4 is 29.2 Å². The largest absolute Gasteiger partial charge is 0.495 e. The first-order valence-electron chi connectivity index (χ1n) is 9.34. The maximum atomic E-state index is 14.6. The first-order valence-corrected chi connectivity index (χ1v) is 9.72. The summed E-state index contributed by atoms with van der Waals surface area (Å²) < 4.78 is 69.6. The molecule has 2 atom stereocenters. The van der Waals surface area contributed by atoms with Crippen molar-refractivity contribution < 1.29 is 36.6 Å². The lowest BCUT2D eigenvalue weighted by molar-refractivity contribution is -0.249. The van der Waals surface area contributed by atoms with Crippen LogP contribution in [0.2, 0.25) is 5.02 Å². The number of pyridine rings is 1. The molecule has 8 nitrogen and oxygen atoms in total. The van der Waals surface area contributed by atoms with Crippen LogP contribution in [-0.2, 0) is 10.3 Å². The van der Waals surface area contributed by atoms with Gasteiger partial charge in [0, 0.05) is 17.3 Å². The quantitative estimate of drug-likeness (QED) is 0.614. The fourth-order valence-corrected chi connectivity index (χ4v) is 3.17. The third-order valence-electron chi connectivity index (χ3n) is 5.04. The van der Waals surface area contributed by atoms with E-state index in [0.717, 1.165) is 13.0 Å². The van der Waals surface area contributed by atoms with Crippen LogP contribution in [0.3, 0.4) is 0 Å². The van der Waals surface area contributed by atoms with Gasteiger partial charge in [0.2, 0.25) is 11.5 Å². The zero-order valence-electron chi connectivity index (χ0n) is 17.6. The molecular weight excluding hydrogens is 472 g/mol. The number of amidine groups is 1. The topological polar surface area (TPSA) is 108 Å². The summed E-state index contributed by atoms with van der Waals surface area (Å²) in [6.45, 7) is 1.49. The molecule has 2 aromatic rings. The number of carbonyl (C=O) groups excluding carboxylic acids is 1. The third kappa shape index (κ3) is 4.81. The number of carbonyl (C=O) groups is 1. The van der Waals surface area contributed by atoms with Crippen molar-refractivity contribution in [2.75, 3.05) is 19.0 Å². The van der Waals surface area contributed by atoms with Crippen molar-refractivity contribution in [2.24, 2.45) is 10.7 Å². The first kappa shape index (κ1) is 24.5. The number of alkyl halides is 3. The van der Waals surface area contributed by atoms with Gasteiger partial charge in [-0.25, -0.2) is 14.2 Å². The molecule has 3 rings (SSSR count). The number of benzene rings is 1. The highest BCUT2D eigenvalue weighted by Crippen LogP contribution is 2.41. The molecule has 2 heterocycles. The number of hydrogen-bond acceptors (Lipinski definition) is 7. The highest BCUT2D eigenvalue weighted by Gasteiger charge is 2.59. The number of aliphatic imine (C=N–C) groups is 1. The predicted molar refractivity (Wildman–Crippen MR) is 111 cm³/mol. The van der Waals surface area contributed by atoms with Gasteiger partial charge in [-0.15, -0.1) is 0 Å². The summed E-state index contributed by atoms with van der Waals surface area (Å²) in [7, 11) is 1.41. The van der Waals surface area contributed by atoms with Crippen molar-refractivity contribution in [1.29, 1.82) is 0 Å². The molecule has 2 unspecified atom stereocenters. The van der Waals surface area contributed by atoms with Gasteiger partial charge in [0.05, 0.1) is 19.9 Å². The van der Waals surface area contributed by atoms with Crippen molar-refractivity contribution in [3.05, 3.63) is 46.9 Å². The molecule has 0 saturated carbocycles. The molecule has 0 bridgehead atoms. The third-order valence-corrected chi connectivity index (χ3v) is 5.31. The smallest absolute Gasteiger partial charge is 0.424 e. The summed E-state index contributed by atoms with van der Waals surface area (Å²) in [4.78, 5) is 20.0. The van der Waals surface area contributed by atoms with Crippen LogP contribution >= 0.6 is 11.6 Å². The molecule has 0 fully saturated rings. The second kappa shape index (κ2) is 8.67. The fraction of sp³-hybridized carbons (Fsp3) is 0.350. The summed E-state index contributed by atoms with van der Waals surface area (Å²) in [5.74, 6) is -1.48. The molecule has 1 aromatic heterocycles. The average molecular weight is 491 g/mol. The molecule has 1 aliphatic rings. The molecule has 0 saturated heterocycles. The van der Waals surface area contributed by atoms with Gasteiger partial charge in [-0.3, -0.25) is 10.3 Å². The van der Waals surface area contributed by atoms with E-state index < -0.39 is 41.7 Å². The molecule has 178 valence electrons. The van der Waals surface area contributed by atoms with Crippen molar-refractivity contribution in [3.63, 3.8) is 0 Å². The zero-order chi connectivity index (χ0) is 24.6. The van der Waals surface area contributed by atoms with Crippen molar-refractivity contribution in [1.82, 2.24) is 4.98 Å². The van der Waals surface area contributed by atoms with Gasteiger partial charge >= 0.3 is 12.3 Å². The van der Waals surface area contributed by atoms with Crippen LogP contribution in [0.25, 0.3) is 0 Å². The minimum Gasteiger partial charge on any atom is -0.495 e. The lowest BCUT2D eigenvalue weighted by atomic mass is 9.89. The summed E-state index contributed by atoms with van der Waals surface area (Å²) in [5, 5.41) is 2.37. The molecule has 1 aliphatic heterocycles. The Hall–Kier alpha value is -3.12. The monoisotopic (exact) mass is 490 g/mol. The standard InChI is InChI=1S/C20H19ClF4N4O4/c1-18(9-32-19(2,16(26)29-18)20(23,24)25)12-6-10(4-5-14(12)22)28-17(30)33-15-13(21)7-11(31-3)8-27-15/h4-8H,9H2,1-3H3,(H2,26,29)(H,28,30). The Balaban J connectivity index is 1.83. The lowest BCUT2D eigenvalue weighted by Gasteiger charge is -2.41. The normalized spacial score (nSPS) is 23.0. The Labute approximate surface area is 190 Å². The highest BCUT2D eigenvalue weighted by molar-refractivity contribution is 6.32. The van der Waals surface area contributed by atoms with E-state index in [2.05, 4.69) is 15.3 Å². The Morgan fingerprint density at radius 3 is 2.58 bits per heavy atom. The van der Waals surface area contributed by atoms with Gasteiger partial charge in [-0.1, -0.05) is 11.6 Å². The van der Waals surface area contributed by atoms with E-state index in [0.29, 0.717) is 5.75 Å². The Kier molecular flexibility index (Phi) is 6.44. The van der Waals surface area contributed by atoms with Crippen molar-refractivity contribution in [2.45, 2.75) is 31.2 Å². The van der Waals surface area contributed by atoms with Crippen LogP contribution < -0.4 is 20.5 Å². The summed E-state index contributed by atoms with van der Waals surface area (Å²) in [5.41, 5.74) is 1.11. The minimum absolute atomic E-state index is 0.00804. The van der Waals surface area contributed by atoms with E-state index in [1.54, 1.807) is 0 Å². The van der Waals surface area contributed by atoms with E-state index in [-0.39, 0.29) is 22.2 Å². The zero-order valence-corrected chi connectivity index (χ0v) is 18.3. The second-order valence-corrected chi connectivity index (χ2v) is 7.87. The number of anilines is 1. The van der Waals surface area contributed by atoms with Gasteiger partial charge < -0.3 is 19.9 Å². The van der Waals surface area contributed by atoms with Gasteiger partial charge in [0.15, 0.2) is 0 Å². The molecule has 0 radical (unpaired) electrons. The number of nitrogens with one attached hydrogen (secondary N) is 1. The van der Waals surface area contributed by atoms with Gasteiger partial charge in [0.1, 0.15) is 28.0 Å². The van der Waals surface area contributed by atoms with Crippen LogP contribution in [0, 0.1) is 5.82 Å². The number of hydrogen-bond donors (Lipinski definition) is 2. The first-order chi connectivity index (χ1) is 15.3.